The van der Waals surface area contributed by atoms with Gasteiger partial charge in [0.2, 0.25) is 0 Å². The van der Waals surface area contributed by atoms with E-state index >= 15 is 0 Å². The fourth-order valence-electron chi connectivity index (χ4n) is 3.01. The predicted octanol–water partition coefficient (Wildman–Crippen LogP) is 3.56. The molecule has 0 saturated heterocycles. The molecule has 0 aromatic carbocycles. The molecule has 1 fully saturated rings. The summed E-state index contributed by atoms with van der Waals surface area (Å²) in [6.45, 7) is 0.443. The standard InChI is InChI=1S/C13H20O2/c14-15-11-13(9-5-2-6-10-13)12-7-3-1-4-8-12/h2,5-6,9,12,14H,1,3-4,7-8,10-11H2. The van der Waals surface area contributed by atoms with E-state index in [2.05, 4.69) is 29.2 Å². The molecule has 2 aliphatic carbocycles. The lowest BCUT2D eigenvalue weighted by Gasteiger charge is -2.40. The van der Waals surface area contributed by atoms with Crippen LogP contribution in [0.25, 0.3) is 0 Å². The van der Waals surface area contributed by atoms with Gasteiger partial charge in [0.1, 0.15) is 0 Å². The fourth-order valence-corrected chi connectivity index (χ4v) is 3.01. The van der Waals surface area contributed by atoms with Gasteiger partial charge in [-0.05, 0) is 25.2 Å². The molecule has 1 saturated carbocycles. The summed E-state index contributed by atoms with van der Waals surface area (Å²) in [6, 6.07) is 0. The van der Waals surface area contributed by atoms with Crippen LogP contribution in [0.15, 0.2) is 24.3 Å². The van der Waals surface area contributed by atoms with Crippen LogP contribution in [0.4, 0.5) is 0 Å². The molecule has 1 N–H and O–H groups in total. The highest BCUT2D eigenvalue weighted by Gasteiger charge is 2.37. The SMILES string of the molecule is OOCC1(C2CCCCC2)C=CC=CC1. The van der Waals surface area contributed by atoms with Crippen LogP contribution in [-0.4, -0.2) is 11.9 Å². The summed E-state index contributed by atoms with van der Waals surface area (Å²) >= 11 is 0. The van der Waals surface area contributed by atoms with Crippen LogP contribution in [0.1, 0.15) is 38.5 Å². The van der Waals surface area contributed by atoms with Crippen LogP contribution >= 0.6 is 0 Å². The zero-order valence-corrected chi connectivity index (χ0v) is 9.19. The summed E-state index contributed by atoms with van der Waals surface area (Å²) in [5, 5.41) is 8.76. The Kier molecular flexibility index (Phi) is 3.60. The van der Waals surface area contributed by atoms with Crippen molar-refractivity contribution in [3.05, 3.63) is 24.3 Å². The Labute approximate surface area is 91.6 Å². The molecule has 2 nitrogen and oxygen atoms in total. The van der Waals surface area contributed by atoms with Crippen molar-refractivity contribution in [3.63, 3.8) is 0 Å². The molecule has 84 valence electrons. The number of allylic oxidation sites excluding steroid dienone is 3. The van der Waals surface area contributed by atoms with Crippen LogP contribution in [0, 0.1) is 11.3 Å². The fraction of sp³-hybridized carbons (Fsp3) is 0.692. The second-order valence-electron chi connectivity index (χ2n) is 4.83. The van der Waals surface area contributed by atoms with Crippen LogP contribution in [0.2, 0.25) is 0 Å². The maximum atomic E-state index is 8.76. The number of hydrogen-bond donors (Lipinski definition) is 1. The van der Waals surface area contributed by atoms with Crippen LogP contribution in [-0.2, 0) is 4.89 Å². The molecule has 1 atom stereocenters. The molecule has 15 heavy (non-hydrogen) atoms. The molecular weight excluding hydrogens is 188 g/mol. The lowest BCUT2D eigenvalue weighted by atomic mass is 9.66. The van der Waals surface area contributed by atoms with Gasteiger partial charge in [0, 0.05) is 5.41 Å². The van der Waals surface area contributed by atoms with E-state index in [0.29, 0.717) is 12.5 Å². The minimum Gasteiger partial charge on any atom is -0.252 e. The van der Waals surface area contributed by atoms with Gasteiger partial charge in [0.25, 0.3) is 0 Å². The van der Waals surface area contributed by atoms with Gasteiger partial charge < -0.3 is 0 Å². The molecule has 0 bridgehead atoms. The van der Waals surface area contributed by atoms with Gasteiger partial charge in [-0.3, -0.25) is 5.26 Å². The Morgan fingerprint density at radius 1 is 1.20 bits per heavy atom. The normalized spacial score (nSPS) is 32.1. The highest BCUT2D eigenvalue weighted by Crippen LogP contribution is 2.44. The molecule has 2 rings (SSSR count). The van der Waals surface area contributed by atoms with E-state index in [9.17, 15) is 0 Å². The zero-order chi connectivity index (χ0) is 10.6. The summed E-state index contributed by atoms with van der Waals surface area (Å²) in [7, 11) is 0. The number of hydrogen-bond acceptors (Lipinski definition) is 2. The van der Waals surface area contributed by atoms with E-state index in [1.54, 1.807) is 0 Å². The minimum absolute atomic E-state index is 0.0594. The first-order valence-corrected chi connectivity index (χ1v) is 5.98. The second kappa shape index (κ2) is 4.95. The lowest BCUT2D eigenvalue weighted by molar-refractivity contribution is -0.263. The topological polar surface area (TPSA) is 29.5 Å². The van der Waals surface area contributed by atoms with Crippen molar-refractivity contribution in [2.75, 3.05) is 6.61 Å². The first kappa shape index (κ1) is 10.9. The third kappa shape index (κ3) is 2.32. The van der Waals surface area contributed by atoms with Crippen LogP contribution in [0.3, 0.4) is 0 Å². The molecule has 0 spiro atoms. The second-order valence-corrected chi connectivity index (χ2v) is 4.83. The van der Waals surface area contributed by atoms with E-state index in [4.69, 9.17) is 5.26 Å². The molecule has 0 radical (unpaired) electrons. The monoisotopic (exact) mass is 208 g/mol. The van der Waals surface area contributed by atoms with Gasteiger partial charge >= 0.3 is 0 Å². The quantitative estimate of drug-likeness (QED) is 0.567. The summed E-state index contributed by atoms with van der Waals surface area (Å²) < 4.78 is 0. The van der Waals surface area contributed by atoms with E-state index in [-0.39, 0.29) is 5.41 Å². The third-order valence-corrected chi connectivity index (χ3v) is 3.92. The van der Waals surface area contributed by atoms with Crippen LogP contribution in [0.5, 0.6) is 0 Å². The Morgan fingerprint density at radius 3 is 2.60 bits per heavy atom. The Bertz CT molecular complexity index is 251. The Hall–Kier alpha value is -0.600. The van der Waals surface area contributed by atoms with Gasteiger partial charge in [-0.2, -0.15) is 0 Å². The van der Waals surface area contributed by atoms with Crippen molar-refractivity contribution >= 4 is 0 Å². The van der Waals surface area contributed by atoms with Gasteiger partial charge in [0.15, 0.2) is 0 Å². The zero-order valence-electron chi connectivity index (χ0n) is 9.19. The van der Waals surface area contributed by atoms with Gasteiger partial charge in [-0.15, -0.1) is 0 Å². The van der Waals surface area contributed by atoms with Gasteiger partial charge in [0.05, 0.1) is 6.61 Å². The van der Waals surface area contributed by atoms with Crippen LogP contribution < -0.4 is 0 Å². The van der Waals surface area contributed by atoms with Crippen molar-refractivity contribution < 1.29 is 10.1 Å². The molecular formula is C13H20O2. The van der Waals surface area contributed by atoms with E-state index < -0.39 is 0 Å². The maximum absolute atomic E-state index is 8.76. The summed E-state index contributed by atoms with van der Waals surface area (Å²) in [5.74, 6) is 0.680. The lowest BCUT2D eigenvalue weighted by Crippen LogP contribution is -2.35. The molecule has 0 heterocycles. The van der Waals surface area contributed by atoms with Crippen molar-refractivity contribution in [2.24, 2.45) is 11.3 Å². The first-order chi connectivity index (χ1) is 7.37. The van der Waals surface area contributed by atoms with Crippen molar-refractivity contribution in [1.82, 2.24) is 0 Å². The highest BCUT2D eigenvalue weighted by atomic mass is 17.1. The van der Waals surface area contributed by atoms with E-state index in [0.717, 1.165) is 6.42 Å². The summed E-state index contributed by atoms with van der Waals surface area (Å²) in [4.78, 5) is 4.45. The van der Waals surface area contributed by atoms with Gasteiger partial charge in [-0.25, -0.2) is 4.89 Å². The average Bonchev–Trinajstić information content (AvgIpc) is 2.32. The number of rotatable bonds is 3. The van der Waals surface area contributed by atoms with Crippen molar-refractivity contribution in [2.45, 2.75) is 38.5 Å². The molecule has 0 aromatic heterocycles. The highest BCUT2D eigenvalue weighted by molar-refractivity contribution is 5.18. The molecule has 1 unspecified atom stereocenters. The molecule has 0 aromatic rings. The molecule has 2 heteroatoms. The maximum Gasteiger partial charge on any atom is 0.0916 e. The predicted molar refractivity (Wildman–Crippen MR) is 60.5 cm³/mol. The Morgan fingerprint density at radius 2 is 2.00 bits per heavy atom. The largest absolute Gasteiger partial charge is 0.252 e. The van der Waals surface area contributed by atoms with E-state index in [1.807, 2.05) is 0 Å². The van der Waals surface area contributed by atoms with Crippen molar-refractivity contribution in [3.8, 4) is 0 Å². The first-order valence-electron chi connectivity index (χ1n) is 5.98. The van der Waals surface area contributed by atoms with Crippen molar-refractivity contribution in [1.29, 1.82) is 0 Å². The third-order valence-electron chi connectivity index (χ3n) is 3.92. The Balaban J connectivity index is 2.10. The summed E-state index contributed by atoms with van der Waals surface area (Å²) in [5.41, 5.74) is 0.0594. The smallest absolute Gasteiger partial charge is 0.0916 e. The molecule has 0 amide bonds. The summed E-state index contributed by atoms with van der Waals surface area (Å²) in [6.07, 6.45) is 16.2. The average molecular weight is 208 g/mol. The van der Waals surface area contributed by atoms with E-state index in [1.165, 1.54) is 32.1 Å². The molecule has 2 aliphatic rings. The minimum atomic E-state index is 0.0594. The molecule has 0 aliphatic heterocycles. The van der Waals surface area contributed by atoms with Gasteiger partial charge in [-0.1, -0.05) is 43.6 Å².